The van der Waals surface area contributed by atoms with Crippen LogP contribution in [0.15, 0.2) is 12.3 Å². The van der Waals surface area contributed by atoms with Crippen LogP contribution in [0.4, 0.5) is 0 Å². The van der Waals surface area contributed by atoms with Crippen molar-refractivity contribution in [3.05, 3.63) is 18.0 Å². The van der Waals surface area contributed by atoms with E-state index in [1.54, 1.807) is 0 Å². The van der Waals surface area contributed by atoms with Crippen molar-refractivity contribution in [1.29, 1.82) is 0 Å². The Labute approximate surface area is 73.6 Å². The Kier molecular flexibility index (Phi) is 2.87. The summed E-state index contributed by atoms with van der Waals surface area (Å²) < 4.78 is 1.81. The van der Waals surface area contributed by atoms with Crippen LogP contribution in [0.5, 0.6) is 0 Å². The largest absolute Gasteiger partial charge is 0.327 e. The fraction of sp³-hybridized carbons (Fsp3) is 0.667. The Morgan fingerprint density at radius 3 is 2.67 bits per heavy atom. The van der Waals surface area contributed by atoms with E-state index < -0.39 is 0 Å². The molecule has 1 unspecified atom stereocenters. The standard InChI is InChI=1S/C9H17N3/c1-7(2)9(10)6-8-4-5-12(3)11-8/h4-5,7,9H,6,10H2,1-3H3. The third kappa shape index (κ3) is 2.34. The molecular formula is C9H17N3. The number of hydrogen-bond acceptors (Lipinski definition) is 2. The average Bonchev–Trinajstić information content (AvgIpc) is 2.35. The van der Waals surface area contributed by atoms with Crippen molar-refractivity contribution < 1.29 is 0 Å². The molecule has 0 aromatic carbocycles. The smallest absolute Gasteiger partial charge is 0.0640 e. The molecule has 0 bridgehead atoms. The summed E-state index contributed by atoms with van der Waals surface area (Å²) in [6.45, 7) is 4.27. The molecule has 1 aromatic rings. The zero-order chi connectivity index (χ0) is 9.14. The minimum atomic E-state index is 0.222. The first-order chi connectivity index (χ1) is 5.59. The molecular weight excluding hydrogens is 150 g/mol. The van der Waals surface area contributed by atoms with Gasteiger partial charge in [0, 0.05) is 25.7 Å². The predicted octanol–water partition coefficient (Wildman–Crippen LogP) is 0.946. The van der Waals surface area contributed by atoms with Crippen molar-refractivity contribution in [2.75, 3.05) is 0 Å². The molecule has 1 aromatic heterocycles. The quantitative estimate of drug-likeness (QED) is 0.728. The van der Waals surface area contributed by atoms with Crippen LogP contribution >= 0.6 is 0 Å². The van der Waals surface area contributed by atoms with Gasteiger partial charge in [-0.15, -0.1) is 0 Å². The van der Waals surface area contributed by atoms with Gasteiger partial charge in [0.25, 0.3) is 0 Å². The minimum absolute atomic E-state index is 0.222. The second kappa shape index (κ2) is 3.72. The third-order valence-corrected chi connectivity index (χ3v) is 2.07. The van der Waals surface area contributed by atoms with Crippen molar-refractivity contribution in [2.24, 2.45) is 18.7 Å². The summed E-state index contributed by atoms with van der Waals surface area (Å²) in [5, 5.41) is 4.27. The van der Waals surface area contributed by atoms with Gasteiger partial charge in [-0.3, -0.25) is 4.68 Å². The molecule has 12 heavy (non-hydrogen) atoms. The first-order valence-electron chi connectivity index (χ1n) is 4.33. The molecule has 0 fully saturated rings. The Bertz CT molecular complexity index is 240. The highest BCUT2D eigenvalue weighted by atomic mass is 15.2. The molecule has 68 valence electrons. The Morgan fingerprint density at radius 2 is 2.25 bits per heavy atom. The zero-order valence-electron chi connectivity index (χ0n) is 7.99. The van der Waals surface area contributed by atoms with Gasteiger partial charge in [-0.1, -0.05) is 13.8 Å². The molecule has 0 aliphatic heterocycles. The Balaban J connectivity index is 2.52. The molecule has 0 saturated carbocycles. The van der Waals surface area contributed by atoms with Gasteiger partial charge >= 0.3 is 0 Å². The van der Waals surface area contributed by atoms with Crippen LogP contribution in [0.3, 0.4) is 0 Å². The van der Waals surface area contributed by atoms with Crippen LogP contribution in [0.1, 0.15) is 19.5 Å². The fourth-order valence-electron chi connectivity index (χ4n) is 1.05. The molecule has 3 nitrogen and oxygen atoms in total. The van der Waals surface area contributed by atoms with Crippen LogP contribution < -0.4 is 5.73 Å². The summed E-state index contributed by atoms with van der Waals surface area (Å²) in [7, 11) is 1.92. The maximum atomic E-state index is 5.91. The topological polar surface area (TPSA) is 43.8 Å². The van der Waals surface area contributed by atoms with E-state index in [9.17, 15) is 0 Å². The molecule has 0 saturated heterocycles. The Morgan fingerprint density at radius 1 is 1.58 bits per heavy atom. The van der Waals surface area contributed by atoms with Crippen LogP contribution in [-0.4, -0.2) is 15.8 Å². The van der Waals surface area contributed by atoms with Crippen LogP contribution in [0, 0.1) is 5.92 Å². The van der Waals surface area contributed by atoms with Crippen molar-refractivity contribution in [3.8, 4) is 0 Å². The summed E-state index contributed by atoms with van der Waals surface area (Å²) in [5.41, 5.74) is 6.99. The van der Waals surface area contributed by atoms with Gasteiger partial charge in [0.05, 0.1) is 5.69 Å². The van der Waals surface area contributed by atoms with Crippen LogP contribution in [0.25, 0.3) is 0 Å². The van der Waals surface area contributed by atoms with Gasteiger partial charge in [-0.05, 0) is 12.0 Å². The summed E-state index contributed by atoms with van der Waals surface area (Å²) in [6.07, 6.45) is 2.82. The lowest BCUT2D eigenvalue weighted by Crippen LogP contribution is -2.28. The number of aromatic nitrogens is 2. The van der Waals surface area contributed by atoms with E-state index in [4.69, 9.17) is 5.73 Å². The normalized spacial score (nSPS) is 13.8. The highest BCUT2D eigenvalue weighted by Crippen LogP contribution is 2.05. The third-order valence-electron chi connectivity index (χ3n) is 2.07. The van der Waals surface area contributed by atoms with Gasteiger partial charge in [-0.2, -0.15) is 5.10 Å². The van der Waals surface area contributed by atoms with Gasteiger partial charge < -0.3 is 5.73 Å². The molecule has 1 atom stereocenters. The number of rotatable bonds is 3. The molecule has 0 radical (unpaired) electrons. The van der Waals surface area contributed by atoms with Crippen molar-refractivity contribution in [2.45, 2.75) is 26.3 Å². The van der Waals surface area contributed by atoms with E-state index >= 15 is 0 Å². The van der Waals surface area contributed by atoms with E-state index in [2.05, 4.69) is 18.9 Å². The first kappa shape index (κ1) is 9.26. The second-order valence-electron chi connectivity index (χ2n) is 3.59. The van der Waals surface area contributed by atoms with Gasteiger partial charge in [0.2, 0.25) is 0 Å². The van der Waals surface area contributed by atoms with Crippen molar-refractivity contribution >= 4 is 0 Å². The van der Waals surface area contributed by atoms with E-state index in [1.165, 1.54) is 0 Å². The molecule has 1 heterocycles. The molecule has 0 spiro atoms. The summed E-state index contributed by atoms with van der Waals surface area (Å²) >= 11 is 0. The van der Waals surface area contributed by atoms with Crippen molar-refractivity contribution in [1.82, 2.24) is 9.78 Å². The predicted molar refractivity (Wildman–Crippen MR) is 49.7 cm³/mol. The van der Waals surface area contributed by atoms with Gasteiger partial charge in [0.15, 0.2) is 0 Å². The maximum Gasteiger partial charge on any atom is 0.0640 e. The highest BCUT2D eigenvalue weighted by molar-refractivity contribution is 5.01. The summed E-state index contributed by atoms with van der Waals surface area (Å²) in [6, 6.07) is 2.24. The molecule has 0 aliphatic rings. The molecule has 0 amide bonds. The lowest BCUT2D eigenvalue weighted by atomic mass is 10.0. The van der Waals surface area contributed by atoms with Gasteiger partial charge in [-0.25, -0.2) is 0 Å². The minimum Gasteiger partial charge on any atom is -0.327 e. The number of nitrogens with two attached hydrogens (primary N) is 1. The lowest BCUT2D eigenvalue weighted by molar-refractivity contribution is 0.484. The number of aryl methyl sites for hydroxylation is 1. The maximum absolute atomic E-state index is 5.91. The summed E-state index contributed by atoms with van der Waals surface area (Å²) in [5.74, 6) is 0.520. The highest BCUT2D eigenvalue weighted by Gasteiger charge is 2.09. The SMILES string of the molecule is CC(C)C(N)Cc1ccn(C)n1. The molecule has 1 rings (SSSR count). The summed E-state index contributed by atoms with van der Waals surface area (Å²) in [4.78, 5) is 0. The first-order valence-corrected chi connectivity index (χ1v) is 4.33. The second-order valence-corrected chi connectivity index (χ2v) is 3.59. The zero-order valence-corrected chi connectivity index (χ0v) is 7.99. The van der Waals surface area contributed by atoms with Gasteiger partial charge in [0.1, 0.15) is 0 Å². The molecule has 3 heteroatoms. The van der Waals surface area contributed by atoms with E-state index in [1.807, 2.05) is 24.0 Å². The van der Waals surface area contributed by atoms with E-state index in [0.717, 1.165) is 12.1 Å². The molecule has 0 aliphatic carbocycles. The fourth-order valence-corrected chi connectivity index (χ4v) is 1.05. The lowest BCUT2D eigenvalue weighted by Gasteiger charge is -2.13. The average molecular weight is 167 g/mol. The number of nitrogens with zero attached hydrogens (tertiary/aromatic N) is 2. The van der Waals surface area contributed by atoms with Crippen molar-refractivity contribution in [3.63, 3.8) is 0 Å². The van der Waals surface area contributed by atoms with Crippen LogP contribution in [0.2, 0.25) is 0 Å². The Hall–Kier alpha value is -0.830. The van der Waals surface area contributed by atoms with Crippen LogP contribution in [-0.2, 0) is 13.5 Å². The monoisotopic (exact) mass is 167 g/mol. The number of hydrogen-bond donors (Lipinski definition) is 1. The molecule has 2 N–H and O–H groups in total. The van der Waals surface area contributed by atoms with E-state index in [0.29, 0.717) is 5.92 Å². The van der Waals surface area contributed by atoms with E-state index in [-0.39, 0.29) is 6.04 Å².